The van der Waals surface area contributed by atoms with E-state index in [4.69, 9.17) is 16.3 Å². The molecule has 0 fully saturated rings. The smallest absolute Gasteiger partial charge is 0.350 e. The number of amides is 1. The Morgan fingerprint density at radius 1 is 1.20 bits per heavy atom. The summed E-state index contributed by atoms with van der Waals surface area (Å²) in [6, 6.07) is 11.4. The molecule has 0 radical (unpaired) electrons. The fourth-order valence-electron chi connectivity index (χ4n) is 2.58. The van der Waals surface area contributed by atoms with Crippen LogP contribution in [0.5, 0.6) is 0 Å². The predicted molar refractivity (Wildman–Crippen MR) is 114 cm³/mol. The number of rotatable bonds is 6. The van der Waals surface area contributed by atoms with Crippen molar-refractivity contribution in [1.82, 2.24) is 4.98 Å². The largest absolute Gasteiger partial charge is 0.451 e. The minimum absolute atomic E-state index is 0.0330. The van der Waals surface area contributed by atoms with E-state index in [1.807, 2.05) is 0 Å². The van der Waals surface area contributed by atoms with Crippen LogP contribution in [0.4, 0.5) is 11.4 Å². The molecule has 0 bridgehead atoms. The van der Waals surface area contributed by atoms with Gasteiger partial charge >= 0.3 is 5.97 Å². The van der Waals surface area contributed by atoms with Crippen LogP contribution in [0.3, 0.4) is 0 Å². The first-order valence-electron chi connectivity index (χ1n) is 8.70. The maximum atomic E-state index is 12.4. The molecule has 0 aliphatic carbocycles. The number of esters is 1. The standard InChI is InChI=1S/C20H16ClN3O5S/c1-11-3-8-15(16(9-11)24(27)28)23-17(25)10-29-20(26)18-12(2)22-19(30-18)13-4-6-14(21)7-5-13/h3-9H,10H2,1-2H3,(H,23,25). The Balaban J connectivity index is 1.65. The number of carbonyl (C=O) groups is 2. The molecule has 0 saturated carbocycles. The number of anilines is 1. The van der Waals surface area contributed by atoms with E-state index in [9.17, 15) is 19.7 Å². The Bertz CT molecular complexity index is 1130. The Morgan fingerprint density at radius 3 is 2.57 bits per heavy atom. The summed E-state index contributed by atoms with van der Waals surface area (Å²) in [5.74, 6) is -1.38. The molecule has 8 nitrogen and oxygen atoms in total. The molecule has 0 saturated heterocycles. The molecule has 1 heterocycles. The second-order valence-corrected chi connectivity index (χ2v) is 7.78. The van der Waals surface area contributed by atoms with E-state index in [1.165, 1.54) is 12.1 Å². The van der Waals surface area contributed by atoms with Gasteiger partial charge in [-0.05, 0) is 37.6 Å². The van der Waals surface area contributed by atoms with Crippen LogP contribution in [0.25, 0.3) is 10.6 Å². The van der Waals surface area contributed by atoms with E-state index in [2.05, 4.69) is 10.3 Å². The maximum absolute atomic E-state index is 12.4. The number of nitro groups is 1. The molecule has 0 spiro atoms. The number of nitrogens with one attached hydrogen (secondary N) is 1. The molecule has 0 unspecified atom stereocenters. The second-order valence-electron chi connectivity index (χ2n) is 6.34. The van der Waals surface area contributed by atoms with Crippen molar-refractivity contribution in [2.75, 3.05) is 11.9 Å². The molecule has 3 aromatic rings. The number of aryl methyl sites for hydroxylation is 2. The van der Waals surface area contributed by atoms with Crippen molar-refractivity contribution in [2.24, 2.45) is 0 Å². The van der Waals surface area contributed by atoms with Crippen molar-refractivity contribution in [2.45, 2.75) is 13.8 Å². The van der Waals surface area contributed by atoms with Crippen molar-refractivity contribution in [3.05, 3.63) is 73.7 Å². The van der Waals surface area contributed by atoms with E-state index in [1.54, 1.807) is 44.2 Å². The lowest BCUT2D eigenvalue weighted by Crippen LogP contribution is -2.21. The molecule has 0 aliphatic rings. The molecule has 2 aromatic carbocycles. The van der Waals surface area contributed by atoms with E-state index in [0.29, 0.717) is 21.3 Å². The molecule has 1 aromatic heterocycles. The highest BCUT2D eigenvalue weighted by Crippen LogP contribution is 2.29. The van der Waals surface area contributed by atoms with Crippen LogP contribution < -0.4 is 5.32 Å². The van der Waals surface area contributed by atoms with Gasteiger partial charge in [-0.3, -0.25) is 14.9 Å². The highest BCUT2D eigenvalue weighted by Gasteiger charge is 2.20. The number of hydrogen-bond donors (Lipinski definition) is 1. The first kappa shape index (κ1) is 21.4. The zero-order chi connectivity index (χ0) is 21.8. The van der Waals surface area contributed by atoms with Gasteiger partial charge < -0.3 is 10.1 Å². The molecular weight excluding hydrogens is 430 g/mol. The molecule has 0 atom stereocenters. The number of carbonyl (C=O) groups excluding carboxylic acids is 2. The number of nitro benzene ring substituents is 1. The van der Waals surface area contributed by atoms with Crippen LogP contribution in [0.15, 0.2) is 42.5 Å². The predicted octanol–water partition coefficient (Wildman–Crippen LogP) is 4.78. The van der Waals surface area contributed by atoms with E-state index in [0.717, 1.165) is 16.9 Å². The third kappa shape index (κ3) is 5.00. The quantitative estimate of drug-likeness (QED) is 0.332. The highest BCUT2D eigenvalue weighted by molar-refractivity contribution is 7.17. The zero-order valence-electron chi connectivity index (χ0n) is 16.0. The summed E-state index contributed by atoms with van der Waals surface area (Å²) in [6.07, 6.45) is 0. The maximum Gasteiger partial charge on any atom is 0.350 e. The molecule has 30 heavy (non-hydrogen) atoms. The summed E-state index contributed by atoms with van der Waals surface area (Å²) < 4.78 is 5.06. The molecular formula is C20H16ClN3O5S. The van der Waals surface area contributed by atoms with E-state index >= 15 is 0 Å². The van der Waals surface area contributed by atoms with Gasteiger partial charge in [0.05, 0.1) is 10.6 Å². The topological polar surface area (TPSA) is 111 Å². The summed E-state index contributed by atoms with van der Waals surface area (Å²) in [4.78, 5) is 39.7. The minimum atomic E-state index is -0.696. The van der Waals surface area contributed by atoms with Crippen molar-refractivity contribution < 1.29 is 19.2 Å². The third-order valence-corrected chi connectivity index (χ3v) is 5.47. The van der Waals surface area contributed by atoms with Gasteiger partial charge in [-0.25, -0.2) is 9.78 Å². The lowest BCUT2D eigenvalue weighted by molar-refractivity contribution is -0.384. The number of aromatic nitrogens is 1. The zero-order valence-corrected chi connectivity index (χ0v) is 17.5. The summed E-state index contributed by atoms with van der Waals surface area (Å²) in [6.45, 7) is 2.79. The normalized spacial score (nSPS) is 10.5. The molecule has 10 heteroatoms. The SMILES string of the molecule is Cc1ccc(NC(=O)COC(=O)c2sc(-c3ccc(Cl)cc3)nc2C)c([N+](=O)[O-])c1. The van der Waals surface area contributed by atoms with Gasteiger partial charge in [0.25, 0.3) is 11.6 Å². The molecule has 154 valence electrons. The summed E-state index contributed by atoms with van der Waals surface area (Å²) >= 11 is 7.02. The Morgan fingerprint density at radius 2 is 1.90 bits per heavy atom. The van der Waals surface area contributed by atoms with Gasteiger partial charge in [-0.15, -0.1) is 11.3 Å². The van der Waals surface area contributed by atoms with Crippen LogP contribution in [0.1, 0.15) is 20.9 Å². The van der Waals surface area contributed by atoms with Crippen molar-refractivity contribution in [1.29, 1.82) is 0 Å². The second kappa shape index (κ2) is 9.02. The summed E-state index contributed by atoms with van der Waals surface area (Å²) in [7, 11) is 0. The van der Waals surface area contributed by atoms with Crippen LogP contribution in [0.2, 0.25) is 5.02 Å². The summed E-state index contributed by atoms with van der Waals surface area (Å²) in [5, 5.41) is 14.7. The highest BCUT2D eigenvalue weighted by atomic mass is 35.5. The van der Waals surface area contributed by atoms with Crippen LogP contribution in [-0.4, -0.2) is 28.4 Å². The number of nitrogens with zero attached hydrogens (tertiary/aromatic N) is 2. The average molecular weight is 446 g/mol. The number of hydrogen-bond acceptors (Lipinski definition) is 7. The van der Waals surface area contributed by atoms with Gasteiger partial charge in [0.2, 0.25) is 0 Å². The third-order valence-electron chi connectivity index (χ3n) is 4.03. The van der Waals surface area contributed by atoms with Crippen LogP contribution in [0, 0.1) is 24.0 Å². The monoisotopic (exact) mass is 445 g/mol. The molecule has 1 amide bonds. The first-order valence-corrected chi connectivity index (χ1v) is 9.89. The Hall–Kier alpha value is -3.30. The van der Waals surface area contributed by atoms with Gasteiger partial charge in [0, 0.05) is 16.7 Å². The van der Waals surface area contributed by atoms with Crippen LogP contribution >= 0.6 is 22.9 Å². The van der Waals surface area contributed by atoms with Crippen molar-refractivity contribution >= 4 is 46.2 Å². The van der Waals surface area contributed by atoms with Crippen LogP contribution in [-0.2, 0) is 9.53 Å². The number of halogens is 1. The molecule has 3 rings (SSSR count). The first-order chi connectivity index (χ1) is 14.2. The number of thiazole rings is 1. The minimum Gasteiger partial charge on any atom is -0.451 e. The van der Waals surface area contributed by atoms with E-state index < -0.39 is 23.4 Å². The van der Waals surface area contributed by atoms with Gasteiger partial charge in [-0.1, -0.05) is 29.8 Å². The lowest BCUT2D eigenvalue weighted by Gasteiger charge is -2.07. The lowest BCUT2D eigenvalue weighted by atomic mass is 10.2. The van der Waals surface area contributed by atoms with Gasteiger partial charge in [0.15, 0.2) is 6.61 Å². The number of benzene rings is 2. The Kier molecular flexibility index (Phi) is 6.43. The Labute approximate surface area is 180 Å². The average Bonchev–Trinajstić information content (AvgIpc) is 3.09. The van der Waals surface area contributed by atoms with Crippen molar-refractivity contribution in [3.63, 3.8) is 0 Å². The van der Waals surface area contributed by atoms with E-state index in [-0.39, 0.29) is 16.3 Å². The fraction of sp³-hybridized carbons (Fsp3) is 0.150. The molecule has 0 aliphatic heterocycles. The number of ether oxygens (including phenoxy) is 1. The van der Waals surface area contributed by atoms with Crippen molar-refractivity contribution in [3.8, 4) is 10.6 Å². The van der Waals surface area contributed by atoms with Gasteiger partial charge in [0.1, 0.15) is 15.6 Å². The summed E-state index contributed by atoms with van der Waals surface area (Å²) in [5.41, 5.74) is 1.76. The molecule has 1 N–H and O–H groups in total. The fourth-order valence-corrected chi connectivity index (χ4v) is 3.67. The van der Waals surface area contributed by atoms with Gasteiger partial charge in [-0.2, -0.15) is 0 Å².